The fraction of sp³-hybridized carbons (Fsp3) is 0.500. The van der Waals surface area contributed by atoms with E-state index in [0.29, 0.717) is 19.6 Å². The van der Waals surface area contributed by atoms with Crippen LogP contribution in [0.3, 0.4) is 0 Å². The van der Waals surface area contributed by atoms with Gasteiger partial charge in [0.05, 0.1) is 23.4 Å². The van der Waals surface area contributed by atoms with E-state index in [0.717, 1.165) is 21.8 Å². The van der Waals surface area contributed by atoms with Crippen LogP contribution in [0.15, 0.2) is 15.9 Å². The van der Waals surface area contributed by atoms with Crippen LogP contribution in [0.2, 0.25) is 0 Å². The summed E-state index contributed by atoms with van der Waals surface area (Å²) in [5.41, 5.74) is 0. The van der Waals surface area contributed by atoms with Gasteiger partial charge in [-0.2, -0.15) is 0 Å². The van der Waals surface area contributed by atoms with Crippen LogP contribution in [-0.4, -0.2) is 37.1 Å². The quantitative estimate of drug-likeness (QED) is 0.832. The average molecular weight is 290 g/mol. The number of nitrogens with zero attached hydrogens (tertiary/aromatic N) is 1. The lowest BCUT2D eigenvalue weighted by Gasteiger charge is -2.26. The molecule has 82 valence electrons. The molecule has 5 heteroatoms. The van der Waals surface area contributed by atoms with Crippen LogP contribution >= 0.6 is 27.3 Å². The number of carbonyl (C=O) groups excluding carboxylic acids is 1. The molecular formula is C10H12BrNO2S. The van der Waals surface area contributed by atoms with Crippen molar-refractivity contribution in [3.05, 3.63) is 20.8 Å². The molecule has 15 heavy (non-hydrogen) atoms. The Morgan fingerprint density at radius 2 is 2.20 bits per heavy atom. The van der Waals surface area contributed by atoms with Crippen molar-refractivity contribution < 1.29 is 9.53 Å². The molecule has 1 aliphatic rings. The zero-order valence-electron chi connectivity index (χ0n) is 8.24. The third-order valence-corrected chi connectivity index (χ3v) is 3.94. The zero-order valence-corrected chi connectivity index (χ0v) is 10.6. The molecule has 2 rings (SSSR count). The maximum absolute atomic E-state index is 11.8. The third kappa shape index (κ3) is 3.03. The highest BCUT2D eigenvalue weighted by molar-refractivity contribution is 9.11. The van der Waals surface area contributed by atoms with Crippen molar-refractivity contribution in [1.82, 2.24) is 4.90 Å². The molecule has 2 heterocycles. The molecule has 0 bridgehead atoms. The predicted octanol–water partition coefficient (Wildman–Crippen LogP) is 1.91. The maximum atomic E-state index is 11.8. The Morgan fingerprint density at radius 3 is 2.80 bits per heavy atom. The molecule has 1 aromatic heterocycles. The first-order chi connectivity index (χ1) is 7.25. The number of amides is 1. The van der Waals surface area contributed by atoms with Gasteiger partial charge in [0.1, 0.15) is 0 Å². The Hall–Kier alpha value is -0.390. The lowest BCUT2D eigenvalue weighted by Crippen LogP contribution is -2.41. The molecule has 0 aromatic carbocycles. The van der Waals surface area contributed by atoms with E-state index >= 15 is 0 Å². The molecule has 1 fully saturated rings. The summed E-state index contributed by atoms with van der Waals surface area (Å²) in [5.74, 6) is 0.202. The van der Waals surface area contributed by atoms with Gasteiger partial charge in [0, 0.05) is 18.0 Å². The summed E-state index contributed by atoms with van der Waals surface area (Å²) >= 11 is 5.01. The minimum absolute atomic E-state index is 0.202. The maximum Gasteiger partial charge on any atom is 0.227 e. The van der Waals surface area contributed by atoms with Crippen molar-refractivity contribution >= 4 is 33.2 Å². The first-order valence-corrected chi connectivity index (χ1v) is 6.46. The van der Waals surface area contributed by atoms with Crippen molar-refractivity contribution in [1.29, 1.82) is 0 Å². The highest BCUT2D eigenvalue weighted by Crippen LogP contribution is 2.22. The lowest BCUT2D eigenvalue weighted by molar-refractivity contribution is -0.134. The van der Waals surface area contributed by atoms with Crippen LogP contribution in [-0.2, 0) is 16.0 Å². The van der Waals surface area contributed by atoms with Gasteiger partial charge in [0.25, 0.3) is 0 Å². The number of carbonyl (C=O) groups is 1. The lowest BCUT2D eigenvalue weighted by atomic mass is 10.3. The van der Waals surface area contributed by atoms with Crippen LogP contribution in [0.5, 0.6) is 0 Å². The molecule has 0 spiro atoms. The van der Waals surface area contributed by atoms with Crippen molar-refractivity contribution in [2.75, 3.05) is 26.3 Å². The second-order valence-corrected chi connectivity index (χ2v) is 5.92. The molecule has 1 aromatic rings. The summed E-state index contributed by atoms with van der Waals surface area (Å²) in [7, 11) is 0. The predicted molar refractivity (Wildman–Crippen MR) is 63.1 cm³/mol. The fourth-order valence-electron chi connectivity index (χ4n) is 1.52. The SMILES string of the molecule is O=C(Cc1ccc(Br)s1)N1CCOCC1. The van der Waals surface area contributed by atoms with E-state index in [4.69, 9.17) is 4.74 Å². The van der Waals surface area contributed by atoms with Gasteiger partial charge in [-0.15, -0.1) is 11.3 Å². The van der Waals surface area contributed by atoms with Gasteiger partial charge >= 0.3 is 0 Å². The number of halogens is 1. The molecule has 1 aliphatic heterocycles. The normalized spacial score (nSPS) is 16.7. The average Bonchev–Trinajstić information content (AvgIpc) is 2.65. The van der Waals surface area contributed by atoms with Gasteiger partial charge in [-0.1, -0.05) is 0 Å². The Balaban J connectivity index is 1.91. The summed E-state index contributed by atoms with van der Waals surface area (Å²) in [6.45, 7) is 2.79. The molecule has 0 N–H and O–H groups in total. The van der Waals surface area contributed by atoms with E-state index < -0.39 is 0 Å². The van der Waals surface area contributed by atoms with Crippen LogP contribution < -0.4 is 0 Å². The largest absolute Gasteiger partial charge is 0.378 e. The zero-order chi connectivity index (χ0) is 10.7. The second-order valence-electron chi connectivity index (χ2n) is 3.38. The molecule has 0 unspecified atom stereocenters. The number of hydrogen-bond acceptors (Lipinski definition) is 3. The summed E-state index contributed by atoms with van der Waals surface area (Å²) in [4.78, 5) is 14.8. The fourth-order valence-corrected chi connectivity index (χ4v) is 2.99. The van der Waals surface area contributed by atoms with E-state index in [9.17, 15) is 4.79 Å². The monoisotopic (exact) mass is 289 g/mol. The van der Waals surface area contributed by atoms with Gasteiger partial charge in [0.2, 0.25) is 5.91 Å². The van der Waals surface area contributed by atoms with Crippen molar-refractivity contribution in [2.24, 2.45) is 0 Å². The van der Waals surface area contributed by atoms with Crippen LogP contribution in [0.1, 0.15) is 4.88 Å². The third-order valence-electron chi connectivity index (χ3n) is 2.32. The number of rotatable bonds is 2. The van der Waals surface area contributed by atoms with Crippen molar-refractivity contribution in [3.63, 3.8) is 0 Å². The van der Waals surface area contributed by atoms with E-state index in [1.54, 1.807) is 11.3 Å². The molecule has 0 aliphatic carbocycles. The van der Waals surface area contributed by atoms with Gasteiger partial charge < -0.3 is 9.64 Å². The minimum atomic E-state index is 0.202. The summed E-state index contributed by atoms with van der Waals surface area (Å²) in [6, 6.07) is 3.97. The molecule has 0 saturated carbocycles. The molecule has 1 saturated heterocycles. The smallest absolute Gasteiger partial charge is 0.227 e. The van der Waals surface area contributed by atoms with E-state index in [1.807, 2.05) is 17.0 Å². The second kappa shape index (κ2) is 5.09. The number of ether oxygens (including phenoxy) is 1. The van der Waals surface area contributed by atoms with Gasteiger partial charge in [-0.3, -0.25) is 4.79 Å². The molecule has 3 nitrogen and oxygen atoms in total. The molecule has 1 amide bonds. The van der Waals surface area contributed by atoms with Gasteiger partial charge in [-0.25, -0.2) is 0 Å². The van der Waals surface area contributed by atoms with Crippen LogP contribution in [0.4, 0.5) is 0 Å². The number of hydrogen-bond donors (Lipinski definition) is 0. The standard InChI is InChI=1S/C10H12BrNO2S/c11-9-2-1-8(15-9)7-10(13)12-3-5-14-6-4-12/h1-2H,3-7H2. The number of morpholine rings is 1. The van der Waals surface area contributed by atoms with E-state index in [1.165, 1.54) is 0 Å². The minimum Gasteiger partial charge on any atom is -0.378 e. The highest BCUT2D eigenvalue weighted by Gasteiger charge is 2.17. The van der Waals surface area contributed by atoms with Crippen LogP contribution in [0, 0.1) is 0 Å². The summed E-state index contributed by atoms with van der Waals surface area (Å²) in [6.07, 6.45) is 0.510. The Labute approximate surface area is 101 Å². The highest BCUT2D eigenvalue weighted by atomic mass is 79.9. The van der Waals surface area contributed by atoms with Crippen LogP contribution in [0.25, 0.3) is 0 Å². The summed E-state index contributed by atoms with van der Waals surface area (Å²) < 4.78 is 6.28. The number of thiophene rings is 1. The van der Waals surface area contributed by atoms with Crippen molar-refractivity contribution in [2.45, 2.75) is 6.42 Å². The van der Waals surface area contributed by atoms with E-state index in [-0.39, 0.29) is 5.91 Å². The first kappa shape index (κ1) is 11.1. The Kier molecular flexibility index (Phi) is 3.77. The topological polar surface area (TPSA) is 29.5 Å². The molecule has 0 atom stereocenters. The van der Waals surface area contributed by atoms with Gasteiger partial charge in [-0.05, 0) is 28.1 Å². The Bertz CT molecular complexity index is 347. The van der Waals surface area contributed by atoms with Crippen molar-refractivity contribution in [3.8, 4) is 0 Å². The molecule has 0 radical (unpaired) electrons. The first-order valence-electron chi connectivity index (χ1n) is 4.85. The molecular weight excluding hydrogens is 278 g/mol. The Morgan fingerprint density at radius 1 is 1.47 bits per heavy atom. The van der Waals surface area contributed by atoms with E-state index in [2.05, 4.69) is 15.9 Å². The summed E-state index contributed by atoms with van der Waals surface area (Å²) in [5, 5.41) is 0. The van der Waals surface area contributed by atoms with Gasteiger partial charge in [0.15, 0.2) is 0 Å².